The van der Waals surface area contributed by atoms with Crippen LogP contribution in [0, 0.1) is 0 Å². The molecule has 1 aromatic heterocycles. The van der Waals surface area contributed by atoms with Gasteiger partial charge in [0.15, 0.2) is 6.20 Å². The molecule has 1 heterocycles. The average molecular weight is 184 g/mol. The Labute approximate surface area is 78.9 Å². The highest BCUT2D eigenvalue weighted by molar-refractivity contribution is 4.83. The van der Waals surface area contributed by atoms with Crippen LogP contribution in [-0.2, 0) is 11.3 Å². The molecular formula is C9H18N3O+. The maximum absolute atomic E-state index is 5.43. The van der Waals surface area contributed by atoms with Crippen LogP contribution in [0.15, 0.2) is 6.20 Å². The molecule has 0 radical (unpaired) electrons. The van der Waals surface area contributed by atoms with E-state index in [1.54, 1.807) is 0 Å². The van der Waals surface area contributed by atoms with Crippen molar-refractivity contribution in [1.29, 1.82) is 0 Å². The van der Waals surface area contributed by atoms with E-state index in [0.717, 1.165) is 5.69 Å². The van der Waals surface area contributed by atoms with Gasteiger partial charge in [0.25, 0.3) is 0 Å². The van der Waals surface area contributed by atoms with Crippen LogP contribution in [0.5, 0.6) is 0 Å². The Balaban J connectivity index is 2.49. The van der Waals surface area contributed by atoms with Crippen molar-refractivity contribution >= 4 is 0 Å². The summed E-state index contributed by atoms with van der Waals surface area (Å²) in [5.41, 5.74) is 0.947. The monoisotopic (exact) mass is 184 g/mol. The minimum absolute atomic E-state index is 0.254. The van der Waals surface area contributed by atoms with Crippen LogP contribution in [0.4, 0.5) is 0 Å². The molecule has 1 rings (SSSR count). The standard InChI is InChI=1S/C9H17N3O/c1-7(2)12-5-9(10-11-12)6-13-8(3)4/h5,7-8H,6H2,1-4H3/p+1. The summed E-state index contributed by atoms with van der Waals surface area (Å²) in [6.07, 6.45) is 2.23. The number of nitrogens with zero attached hydrogens (tertiary/aromatic N) is 2. The third-order valence-corrected chi connectivity index (χ3v) is 1.72. The van der Waals surface area contributed by atoms with Crippen molar-refractivity contribution in [3.63, 3.8) is 0 Å². The van der Waals surface area contributed by atoms with Gasteiger partial charge in [0.2, 0.25) is 5.69 Å². The Bertz CT molecular complexity index is 255. The smallest absolute Gasteiger partial charge is 0.243 e. The summed E-state index contributed by atoms with van der Waals surface area (Å²) in [5.74, 6) is 0. The first kappa shape index (κ1) is 10.2. The van der Waals surface area contributed by atoms with Gasteiger partial charge < -0.3 is 4.74 Å². The van der Waals surface area contributed by atoms with Gasteiger partial charge in [0.05, 0.1) is 6.10 Å². The zero-order valence-electron chi connectivity index (χ0n) is 8.74. The quantitative estimate of drug-likeness (QED) is 0.714. The molecule has 1 aromatic rings. The number of rotatable bonds is 4. The van der Waals surface area contributed by atoms with Gasteiger partial charge in [-0.05, 0) is 27.7 Å². The fourth-order valence-electron chi connectivity index (χ4n) is 0.926. The molecule has 4 nitrogen and oxygen atoms in total. The summed E-state index contributed by atoms with van der Waals surface area (Å²) < 4.78 is 7.38. The van der Waals surface area contributed by atoms with Crippen LogP contribution in [0.1, 0.15) is 39.4 Å². The van der Waals surface area contributed by atoms with E-state index < -0.39 is 0 Å². The largest absolute Gasteiger partial charge is 0.370 e. The second kappa shape index (κ2) is 4.37. The second-order valence-electron chi connectivity index (χ2n) is 3.69. The molecule has 0 saturated heterocycles. The van der Waals surface area contributed by atoms with E-state index in [1.165, 1.54) is 0 Å². The first-order valence-electron chi connectivity index (χ1n) is 4.66. The number of nitrogens with one attached hydrogen (secondary N) is 1. The lowest BCUT2D eigenvalue weighted by molar-refractivity contribution is -0.771. The number of aromatic nitrogens is 3. The van der Waals surface area contributed by atoms with Gasteiger partial charge in [-0.15, -0.1) is 0 Å². The molecule has 0 bridgehead atoms. The fraction of sp³-hybridized carbons (Fsp3) is 0.778. The summed E-state index contributed by atoms with van der Waals surface area (Å²) in [6.45, 7) is 8.82. The zero-order chi connectivity index (χ0) is 9.84. The maximum Gasteiger partial charge on any atom is 0.243 e. The molecule has 1 N–H and O–H groups in total. The van der Waals surface area contributed by atoms with E-state index in [-0.39, 0.29) is 6.10 Å². The van der Waals surface area contributed by atoms with Crippen LogP contribution in [0.25, 0.3) is 0 Å². The van der Waals surface area contributed by atoms with Crippen molar-refractivity contribution in [3.8, 4) is 0 Å². The predicted molar refractivity (Wildman–Crippen MR) is 49.1 cm³/mol. The number of hydrogen-bond acceptors (Lipinski definition) is 2. The second-order valence-corrected chi connectivity index (χ2v) is 3.69. The minimum atomic E-state index is 0.254. The highest BCUT2D eigenvalue weighted by Gasteiger charge is 2.11. The number of ether oxygens (including phenoxy) is 1. The SMILES string of the molecule is CC(C)OCc1c[n+](C(C)C)[nH]n1. The van der Waals surface area contributed by atoms with Gasteiger partial charge in [0.1, 0.15) is 12.6 Å². The average Bonchev–Trinajstić information content (AvgIpc) is 2.48. The molecule has 0 unspecified atom stereocenters. The van der Waals surface area contributed by atoms with E-state index >= 15 is 0 Å². The lowest BCUT2D eigenvalue weighted by Crippen LogP contribution is -2.37. The summed E-state index contributed by atoms with van der Waals surface area (Å²) in [6, 6.07) is 0.417. The zero-order valence-corrected chi connectivity index (χ0v) is 8.74. The third kappa shape index (κ3) is 3.14. The molecule has 13 heavy (non-hydrogen) atoms. The number of H-pyrrole nitrogens is 1. The third-order valence-electron chi connectivity index (χ3n) is 1.72. The van der Waals surface area contributed by atoms with Gasteiger partial charge in [-0.25, -0.2) is 0 Å². The Morgan fingerprint density at radius 3 is 2.62 bits per heavy atom. The fourth-order valence-corrected chi connectivity index (χ4v) is 0.926. The molecule has 0 saturated carbocycles. The first-order chi connectivity index (χ1) is 6.09. The Kier molecular flexibility index (Phi) is 3.42. The van der Waals surface area contributed by atoms with Gasteiger partial charge in [-0.1, -0.05) is 5.21 Å². The van der Waals surface area contributed by atoms with Crippen molar-refractivity contribution in [2.24, 2.45) is 0 Å². The Morgan fingerprint density at radius 1 is 1.46 bits per heavy atom. The lowest BCUT2D eigenvalue weighted by atomic mass is 10.4. The van der Waals surface area contributed by atoms with Crippen molar-refractivity contribution in [2.45, 2.75) is 46.4 Å². The molecule has 0 aliphatic carbocycles. The molecule has 74 valence electrons. The molecule has 0 aliphatic rings. The van der Waals surface area contributed by atoms with Crippen molar-refractivity contribution < 1.29 is 9.42 Å². The van der Waals surface area contributed by atoms with Crippen LogP contribution in [0.2, 0.25) is 0 Å². The molecule has 0 atom stereocenters. The number of hydrogen-bond donors (Lipinski definition) is 1. The van der Waals surface area contributed by atoms with E-state index in [1.807, 2.05) is 24.7 Å². The molecule has 0 aliphatic heterocycles. The van der Waals surface area contributed by atoms with Crippen molar-refractivity contribution in [1.82, 2.24) is 10.3 Å². The first-order valence-corrected chi connectivity index (χ1v) is 4.66. The topological polar surface area (TPSA) is 41.8 Å². The van der Waals surface area contributed by atoms with Crippen molar-refractivity contribution in [3.05, 3.63) is 11.9 Å². The minimum Gasteiger partial charge on any atom is -0.370 e. The van der Waals surface area contributed by atoms with Gasteiger partial charge in [0, 0.05) is 5.10 Å². The van der Waals surface area contributed by atoms with E-state index in [4.69, 9.17) is 4.74 Å². The molecule has 0 amide bonds. The van der Waals surface area contributed by atoms with Gasteiger partial charge in [-0.3, -0.25) is 0 Å². The highest BCUT2D eigenvalue weighted by Crippen LogP contribution is 1.97. The van der Waals surface area contributed by atoms with Gasteiger partial charge >= 0.3 is 0 Å². The summed E-state index contributed by atoms with van der Waals surface area (Å²) in [7, 11) is 0. The van der Waals surface area contributed by atoms with Crippen LogP contribution in [-0.4, -0.2) is 16.4 Å². The normalized spacial score (nSPS) is 11.5. The van der Waals surface area contributed by atoms with E-state index in [2.05, 4.69) is 24.2 Å². The molecule has 4 heteroatoms. The van der Waals surface area contributed by atoms with E-state index in [0.29, 0.717) is 12.6 Å². The summed E-state index contributed by atoms with van der Waals surface area (Å²) in [5, 5.41) is 7.04. The molecule has 0 spiro atoms. The van der Waals surface area contributed by atoms with E-state index in [9.17, 15) is 0 Å². The van der Waals surface area contributed by atoms with Crippen LogP contribution in [0.3, 0.4) is 0 Å². The number of aromatic amines is 1. The molecular weight excluding hydrogens is 166 g/mol. The maximum atomic E-state index is 5.43. The van der Waals surface area contributed by atoms with Crippen molar-refractivity contribution in [2.75, 3.05) is 0 Å². The molecule has 0 aromatic carbocycles. The van der Waals surface area contributed by atoms with Crippen LogP contribution < -0.4 is 4.68 Å². The summed E-state index contributed by atoms with van der Waals surface area (Å²) in [4.78, 5) is 0. The Hall–Kier alpha value is -0.900. The highest BCUT2D eigenvalue weighted by atomic mass is 16.5. The lowest BCUT2D eigenvalue weighted by Gasteiger charge is -2.01. The van der Waals surface area contributed by atoms with Crippen LogP contribution >= 0.6 is 0 Å². The summed E-state index contributed by atoms with van der Waals surface area (Å²) >= 11 is 0. The predicted octanol–water partition coefficient (Wildman–Crippen LogP) is 1.20. The Morgan fingerprint density at radius 2 is 2.15 bits per heavy atom. The van der Waals surface area contributed by atoms with Gasteiger partial charge in [-0.2, -0.15) is 4.68 Å². The molecule has 0 fully saturated rings.